The molecule has 1 aliphatic heterocycles. The number of likely N-dealkylation sites (N-methyl/N-ethyl adjacent to an activating group) is 1. The molecule has 41 heavy (non-hydrogen) atoms. The molecular formula is C30H41F2N5O4. The van der Waals surface area contributed by atoms with Gasteiger partial charge in [-0.2, -0.15) is 0 Å². The van der Waals surface area contributed by atoms with Gasteiger partial charge in [-0.3, -0.25) is 9.79 Å². The Bertz CT molecular complexity index is 1120. The third-order valence-electron chi connectivity index (χ3n) is 6.41. The lowest BCUT2D eigenvalue weighted by Gasteiger charge is -2.29. The Kier molecular flexibility index (Phi) is 14.3. The lowest BCUT2D eigenvalue weighted by Crippen LogP contribution is -2.42. The number of aromatic carboxylic acids is 1. The Labute approximate surface area is 240 Å². The van der Waals surface area contributed by atoms with E-state index in [9.17, 15) is 23.2 Å². The summed E-state index contributed by atoms with van der Waals surface area (Å²) in [5.41, 5.74) is 1.08. The summed E-state index contributed by atoms with van der Waals surface area (Å²) in [6.45, 7) is 3.59. The molecule has 1 heterocycles. The minimum atomic E-state index is -1.19. The standard InChI is InChI=1S/C30H41F2N5O4/c1-4-5-6-7-8-9-16-33-30(41)35-22(2)19-34-25(14-15-31)18-28(38)37-20-24(32)17-27(37)21-36(3)26-12-10-23(11-13-26)29(39)40/h6-14,19,22,24,27H,4-5,15-18,20-21H2,1-3H3,(H,39,40)(H2,33,35,41)/b7-6-,9-8-,25-14-,34-19?. The van der Waals surface area contributed by atoms with Crippen LogP contribution >= 0.6 is 0 Å². The highest BCUT2D eigenvalue weighted by Crippen LogP contribution is 2.25. The Morgan fingerprint density at radius 2 is 1.93 bits per heavy atom. The van der Waals surface area contributed by atoms with Crippen LogP contribution in [0, 0.1) is 0 Å². The van der Waals surface area contributed by atoms with E-state index in [0.717, 1.165) is 18.5 Å². The first-order valence-corrected chi connectivity index (χ1v) is 13.8. The molecule has 1 fully saturated rings. The number of nitrogens with one attached hydrogen (secondary N) is 2. The van der Waals surface area contributed by atoms with Gasteiger partial charge in [0.1, 0.15) is 12.8 Å². The molecule has 3 N–H and O–H groups in total. The Hall–Kier alpha value is -4.02. The van der Waals surface area contributed by atoms with Crippen molar-refractivity contribution >= 4 is 29.8 Å². The maximum absolute atomic E-state index is 14.4. The highest BCUT2D eigenvalue weighted by Gasteiger charge is 2.36. The van der Waals surface area contributed by atoms with Crippen LogP contribution < -0.4 is 15.5 Å². The number of carboxylic acid groups (broad SMARTS) is 1. The molecule has 3 amide bonds. The summed E-state index contributed by atoms with van der Waals surface area (Å²) in [5.74, 6) is -1.40. The lowest BCUT2D eigenvalue weighted by molar-refractivity contribution is -0.131. The Morgan fingerprint density at radius 1 is 1.22 bits per heavy atom. The van der Waals surface area contributed by atoms with Crippen LogP contribution in [0.3, 0.4) is 0 Å². The zero-order valence-electron chi connectivity index (χ0n) is 23.9. The smallest absolute Gasteiger partial charge is 0.335 e. The zero-order chi connectivity index (χ0) is 30.2. The van der Waals surface area contributed by atoms with Crippen LogP contribution in [0.5, 0.6) is 0 Å². The van der Waals surface area contributed by atoms with Crippen molar-refractivity contribution < 1.29 is 28.3 Å². The van der Waals surface area contributed by atoms with Crippen LogP contribution in [-0.4, -0.2) is 85.7 Å². The second-order valence-electron chi connectivity index (χ2n) is 9.86. The largest absolute Gasteiger partial charge is 0.478 e. The molecule has 2 rings (SSSR count). The minimum Gasteiger partial charge on any atom is -0.478 e. The lowest BCUT2D eigenvalue weighted by atomic mass is 10.1. The molecule has 0 aromatic heterocycles. The molecule has 1 saturated heterocycles. The van der Waals surface area contributed by atoms with E-state index in [-0.39, 0.29) is 36.6 Å². The van der Waals surface area contributed by atoms with Crippen LogP contribution in [0.2, 0.25) is 0 Å². The number of aliphatic imine (C=N–C) groups is 1. The number of hydrogen-bond acceptors (Lipinski definition) is 5. The quantitative estimate of drug-likeness (QED) is 0.208. The summed E-state index contributed by atoms with van der Waals surface area (Å²) in [5, 5.41) is 14.5. The zero-order valence-corrected chi connectivity index (χ0v) is 23.9. The normalized spacial score (nSPS) is 18.4. The predicted octanol–water partition coefficient (Wildman–Crippen LogP) is 4.67. The molecule has 0 spiro atoms. The van der Waals surface area contributed by atoms with Gasteiger partial charge in [-0.25, -0.2) is 18.4 Å². The van der Waals surface area contributed by atoms with E-state index in [1.54, 1.807) is 26.1 Å². The van der Waals surface area contributed by atoms with Crippen molar-refractivity contribution in [3.05, 3.63) is 65.9 Å². The van der Waals surface area contributed by atoms with Gasteiger partial charge < -0.3 is 25.5 Å². The minimum absolute atomic E-state index is 0.0666. The molecular weight excluding hydrogens is 532 g/mol. The number of amides is 3. The molecule has 1 aromatic carbocycles. The van der Waals surface area contributed by atoms with Gasteiger partial charge in [0.05, 0.1) is 30.6 Å². The van der Waals surface area contributed by atoms with Crippen LogP contribution in [0.15, 0.2) is 65.3 Å². The molecule has 9 nitrogen and oxygen atoms in total. The molecule has 0 radical (unpaired) electrons. The molecule has 3 unspecified atom stereocenters. The fourth-order valence-electron chi connectivity index (χ4n) is 4.28. The van der Waals surface area contributed by atoms with Crippen LogP contribution in [-0.2, 0) is 4.79 Å². The molecule has 0 saturated carbocycles. The highest BCUT2D eigenvalue weighted by atomic mass is 19.1. The predicted molar refractivity (Wildman–Crippen MR) is 158 cm³/mol. The van der Waals surface area contributed by atoms with E-state index < -0.39 is 36.9 Å². The third kappa shape index (κ3) is 11.9. The highest BCUT2D eigenvalue weighted by molar-refractivity contribution is 5.88. The Balaban J connectivity index is 1.92. The number of rotatable bonds is 15. The average molecular weight is 574 g/mol. The first kappa shape index (κ1) is 33.2. The number of carbonyl (C=O) groups is 3. The summed E-state index contributed by atoms with van der Waals surface area (Å²) in [4.78, 5) is 43.8. The van der Waals surface area contributed by atoms with Crippen LogP contribution in [0.1, 0.15) is 49.9 Å². The molecule has 0 bridgehead atoms. The average Bonchev–Trinajstić information content (AvgIpc) is 3.31. The first-order valence-electron chi connectivity index (χ1n) is 13.8. The number of nitrogens with zero attached hydrogens (tertiary/aromatic N) is 3. The Morgan fingerprint density at radius 3 is 2.59 bits per heavy atom. The van der Waals surface area contributed by atoms with Crippen molar-refractivity contribution in [2.45, 2.75) is 57.8 Å². The van der Waals surface area contributed by atoms with E-state index in [1.807, 2.05) is 29.2 Å². The van der Waals surface area contributed by atoms with Gasteiger partial charge in [-0.15, -0.1) is 0 Å². The van der Waals surface area contributed by atoms with Gasteiger partial charge in [-0.1, -0.05) is 37.6 Å². The number of carbonyl (C=O) groups excluding carboxylic acids is 2. The number of allylic oxidation sites excluding steroid dienone is 4. The SMILES string of the molecule is CCC/C=C\C=C/CNC(=O)NC(C)C=N/C(=C\CF)CC(=O)N1CC(F)CC1CN(C)c1ccc(C(=O)O)cc1. The number of anilines is 1. The monoisotopic (exact) mass is 573 g/mol. The summed E-state index contributed by atoms with van der Waals surface area (Å²) in [6, 6.07) is 4.99. The number of carboxylic acids is 1. The van der Waals surface area contributed by atoms with E-state index >= 15 is 0 Å². The molecule has 1 aliphatic rings. The van der Waals surface area contributed by atoms with Gasteiger partial charge >= 0.3 is 12.0 Å². The van der Waals surface area contributed by atoms with Crippen LogP contribution in [0.4, 0.5) is 19.3 Å². The molecule has 0 aliphatic carbocycles. The van der Waals surface area contributed by atoms with Crippen molar-refractivity contribution in [2.75, 3.05) is 38.3 Å². The van der Waals surface area contributed by atoms with Gasteiger partial charge in [0.2, 0.25) is 5.91 Å². The number of urea groups is 1. The van der Waals surface area contributed by atoms with Crippen molar-refractivity contribution in [1.82, 2.24) is 15.5 Å². The van der Waals surface area contributed by atoms with E-state index in [2.05, 4.69) is 22.5 Å². The van der Waals surface area contributed by atoms with E-state index in [1.165, 1.54) is 29.3 Å². The van der Waals surface area contributed by atoms with Crippen molar-refractivity contribution in [3.8, 4) is 0 Å². The molecule has 224 valence electrons. The van der Waals surface area contributed by atoms with Crippen molar-refractivity contribution in [1.29, 1.82) is 0 Å². The van der Waals surface area contributed by atoms with Gasteiger partial charge in [0, 0.05) is 44.2 Å². The number of hydrogen-bond donors (Lipinski definition) is 3. The fourth-order valence-corrected chi connectivity index (χ4v) is 4.28. The van der Waals surface area contributed by atoms with Crippen LogP contribution in [0.25, 0.3) is 0 Å². The van der Waals surface area contributed by atoms with Gasteiger partial charge in [0.25, 0.3) is 0 Å². The topological polar surface area (TPSA) is 114 Å². The number of benzene rings is 1. The molecule has 11 heteroatoms. The van der Waals surface area contributed by atoms with Crippen molar-refractivity contribution in [3.63, 3.8) is 0 Å². The molecule has 3 atom stereocenters. The first-order chi connectivity index (χ1) is 19.6. The maximum Gasteiger partial charge on any atom is 0.335 e. The van der Waals surface area contributed by atoms with Gasteiger partial charge in [0.15, 0.2) is 0 Å². The second kappa shape index (κ2) is 17.6. The van der Waals surface area contributed by atoms with E-state index in [4.69, 9.17) is 5.11 Å². The maximum atomic E-state index is 14.4. The summed E-state index contributed by atoms with van der Waals surface area (Å²) < 4.78 is 27.6. The molecule has 1 aromatic rings. The third-order valence-corrected chi connectivity index (χ3v) is 6.41. The summed E-state index contributed by atoms with van der Waals surface area (Å²) >= 11 is 0. The number of halogens is 2. The van der Waals surface area contributed by atoms with E-state index in [0.29, 0.717) is 13.1 Å². The second-order valence-corrected chi connectivity index (χ2v) is 9.86. The fraction of sp³-hybridized carbons (Fsp3) is 0.467. The number of alkyl halides is 2. The van der Waals surface area contributed by atoms with Crippen molar-refractivity contribution in [2.24, 2.45) is 4.99 Å². The number of likely N-dealkylation sites (tertiary alicyclic amines) is 1. The summed E-state index contributed by atoms with van der Waals surface area (Å²) in [7, 11) is 1.79. The van der Waals surface area contributed by atoms with Gasteiger partial charge in [-0.05, 0) is 43.7 Å². The number of unbranched alkanes of at least 4 members (excludes halogenated alkanes) is 1. The summed E-state index contributed by atoms with van der Waals surface area (Å²) in [6.07, 6.45) is 11.1.